The van der Waals surface area contributed by atoms with Gasteiger partial charge < -0.3 is 15.2 Å². The minimum absolute atomic E-state index is 0.253. The van der Waals surface area contributed by atoms with Crippen LogP contribution in [0.1, 0.15) is 5.56 Å². The second-order valence-electron chi connectivity index (χ2n) is 3.68. The van der Waals surface area contributed by atoms with Crippen molar-refractivity contribution in [1.82, 2.24) is 5.32 Å². The van der Waals surface area contributed by atoms with Gasteiger partial charge in [-0.05, 0) is 24.1 Å². The molecule has 0 aliphatic heterocycles. The van der Waals surface area contributed by atoms with E-state index in [0.717, 1.165) is 12.1 Å². The molecule has 1 aromatic rings. The monoisotopic (exact) mass is 227 g/mol. The molecule has 3 nitrogen and oxygen atoms in total. The van der Waals surface area contributed by atoms with Crippen LogP contribution in [0.5, 0.6) is 0 Å². The number of methoxy groups -OCH3 is 1. The van der Waals surface area contributed by atoms with Gasteiger partial charge in [0, 0.05) is 20.2 Å². The molecule has 0 aliphatic rings. The van der Waals surface area contributed by atoms with Crippen LogP contribution in [0.25, 0.3) is 0 Å². The summed E-state index contributed by atoms with van der Waals surface area (Å²) in [5, 5.41) is 12.7. The van der Waals surface area contributed by atoms with Crippen molar-refractivity contribution >= 4 is 0 Å². The summed E-state index contributed by atoms with van der Waals surface area (Å²) >= 11 is 0. The lowest BCUT2D eigenvalue weighted by atomic mass is 10.1. The first-order chi connectivity index (χ1) is 7.72. The molecule has 0 fully saturated rings. The molecule has 0 bridgehead atoms. The average molecular weight is 227 g/mol. The maximum atomic E-state index is 12.6. The van der Waals surface area contributed by atoms with E-state index in [-0.39, 0.29) is 5.82 Å². The Hall–Kier alpha value is -0.970. The van der Waals surface area contributed by atoms with Crippen molar-refractivity contribution in [2.24, 2.45) is 0 Å². The second-order valence-corrected chi connectivity index (χ2v) is 3.68. The molecule has 1 rings (SSSR count). The first-order valence-electron chi connectivity index (χ1n) is 5.34. The minimum atomic E-state index is -0.456. The third kappa shape index (κ3) is 5.21. The van der Waals surface area contributed by atoms with Crippen molar-refractivity contribution in [2.45, 2.75) is 12.5 Å². The molecule has 1 aromatic carbocycles. The van der Waals surface area contributed by atoms with E-state index in [9.17, 15) is 9.50 Å². The molecule has 0 spiro atoms. The third-order valence-electron chi connectivity index (χ3n) is 2.25. The molecule has 0 saturated carbocycles. The van der Waals surface area contributed by atoms with Crippen LogP contribution in [0, 0.1) is 5.82 Å². The van der Waals surface area contributed by atoms with E-state index in [4.69, 9.17) is 4.74 Å². The summed E-state index contributed by atoms with van der Waals surface area (Å²) in [6.07, 6.45) is 0.0719. The molecule has 0 heterocycles. The van der Waals surface area contributed by atoms with E-state index in [1.807, 2.05) is 0 Å². The predicted molar refractivity (Wildman–Crippen MR) is 60.9 cm³/mol. The van der Waals surface area contributed by atoms with Crippen LogP contribution in [0.15, 0.2) is 24.3 Å². The largest absolute Gasteiger partial charge is 0.391 e. The molecule has 16 heavy (non-hydrogen) atoms. The van der Waals surface area contributed by atoms with E-state index in [0.29, 0.717) is 19.6 Å². The van der Waals surface area contributed by atoms with E-state index < -0.39 is 6.10 Å². The molecular weight excluding hydrogens is 209 g/mol. The second kappa shape index (κ2) is 7.33. The Morgan fingerprint density at radius 2 is 2.06 bits per heavy atom. The average Bonchev–Trinajstić information content (AvgIpc) is 2.28. The highest BCUT2D eigenvalue weighted by Gasteiger charge is 2.04. The molecule has 1 atom stereocenters. The van der Waals surface area contributed by atoms with Crippen molar-refractivity contribution in [3.63, 3.8) is 0 Å². The van der Waals surface area contributed by atoms with Gasteiger partial charge in [0.25, 0.3) is 0 Å². The smallest absolute Gasteiger partial charge is 0.123 e. The first-order valence-corrected chi connectivity index (χ1v) is 5.34. The fraction of sp³-hybridized carbons (Fsp3) is 0.500. The van der Waals surface area contributed by atoms with Crippen LogP contribution in [0.3, 0.4) is 0 Å². The van der Waals surface area contributed by atoms with Gasteiger partial charge in [-0.1, -0.05) is 12.1 Å². The van der Waals surface area contributed by atoms with Crippen molar-refractivity contribution in [3.05, 3.63) is 35.6 Å². The molecule has 4 heteroatoms. The highest BCUT2D eigenvalue weighted by atomic mass is 19.1. The number of aliphatic hydroxyl groups excluding tert-OH is 1. The number of aliphatic hydroxyl groups is 1. The zero-order valence-corrected chi connectivity index (χ0v) is 9.45. The summed E-state index contributed by atoms with van der Waals surface area (Å²) in [6.45, 7) is 1.86. The van der Waals surface area contributed by atoms with Crippen molar-refractivity contribution in [2.75, 3.05) is 26.8 Å². The van der Waals surface area contributed by atoms with Crippen LogP contribution in [-0.2, 0) is 11.2 Å². The van der Waals surface area contributed by atoms with Gasteiger partial charge in [0.15, 0.2) is 0 Å². The Kier molecular flexibility index (Phi) is 6.00. The third-order valence-corrected chi connectivity index (χ3v) is 2.25. The lowest BCUT2D eigenvalue weighted by Crippen LogP contribution is -2.30. The first kappa shape index (κ1) is 13.1. The summed E-state index contributed by atoms with van der Waals surface area (Å²) in [7, 11) is 1.64. The van der Waals surface area contributed by atoms with Crippen molar-refractivity contribution in [3.8, 4) is 0 Å². The van der Waals surface area contributed by atoms with E-state index in [1.165, 1.54) is 12.1 Å². The number of hydrogen-bond acceptors (Lipinski definition) is 3. The predicted octanol–water partition coefficient (Wildman–Crippen LogP) is 0.965. The fourth-order valence-corrected chi connectivity index (χ4v) is 1.41. The van der Waals surface area contributed by atoms with Crippen LogP contribution >= 0.6 is 0 Å². The van der Waals surface area contributed by atoms with E-state index in [1.54, 1.807) is 19.2 Å². The SMILES string of the molecule is COCCNCC(O)Cc1ccc(F)cc1. The molecule has 0 amide bonds. The summed E-state index contributed by atoms with van der Waals surface area (Å²) in [5.41, 5.74) is 0.933. The van der Waals surface area contributed by atoms with Crippen LogP contribution in [-0.4, -0.2) is 38.0 Å². The number of rotatable bonds is 7. The fourth-order valence-electron chi connectivity index (χ4n) is 1.41. The summed E-state index contributed by atoms with van der Waals surface area (Å²) in [6, 6.07) is 6.18. The highest BCUT2D eigenvalue weighted by molar-refractivity contribution is 5.16. The number of benzene rings is 1. The normalized spacial score (nSPS) is 12.7. The Labute approximate surface area is 95.2 Å². The molecule has 0 saturated heterocycles. The highest BCUT2D eigenvalue weighted by Crippen LogP contribution is 2.05. The number of ether oxygens (including phenoxy) is 1. The lowest BCUT2D eigenvalue weighted by molar-refractivity contribution is 0.160. The molecule has 0 aliphatic carbocycles. The number of halogens is 1. The Balaban J connectivity index is 2.23. The zero-order valence-electron chi connectivity index (χ0n) is 9.45. The maximum absolute atomic E-state index is 12.6. The van der Waals surface area contributed by atoms with Crippen molar-refractivity contribution < 1.29 is 14.2 Å². The number of nitrogens with one attached hydrogen (secondary N) is 1. The Morgan fingerprint density at radius 1 is 1.38 bits per heavy atom. The van der Waals surface area contributed by atoms with Gasteiger partial charge in [0.1, 0.15) is 5.82 Å². The number of hydrogen-bond donors (Lipinski definition) is 2. The van der Waals surface area contributed by atoms with Crippen LogP contribution in [0.4, 0.5) is 4.39 Å². The zero-order chi connectivity index (χ0) is 11.8. The Bertz CT molecular complexity index is 290. The van der Waals surface area contributed by atoms with Gasteiger partial charge >= 0.3 is 0 Å². The molecule has 0 radical (unpaired) electrons. The topological polar surface area (TPSA) is 41.5 Å². The summed E-state index contributed by atoms with van der Waals surface area (Å²) in [4.78, 5) is 0. The minimum Gasteiger partial charge on any atom is -0.391 e. The quantitative estimate of drug-likeness (QED) is 0.682. The van der Waals surface area contributed by atoms with Gasteiger partial charge in [0.05, 0.1) is 12.7 Å². The summed E-state index contributed by atoms with van der Waals surface area (Å²) in [5.74, 6) is -0.253. The Morgan fingerprint density at radius 3 is 2.69 bits per heavy atom. The van der Waals surface area contributed by atoms with Crippen LogP contribution < -0.4 is 5.32 Å². The van der Waals surface area contributed by atoms with Gasteiger partial charge in [-0.15, -0.1) is 0 Å². The van der Waals surface area contributed by atoms with Gasteiger partial charge in [0.2, 0.25) is 0 Å². The van der Waals surface area contributed by atoms with E-state index >= 15 is 0 Å². The molecule has 1 unspecified atom stereocenters. The molecular formula is C12H18FNO2. The van der Waals surface area contributed by atoms with Gasteiger partial charge in [-0.3, -0.25) is 0 Å². The van der Waals surface area contributed by atoms with E-state index in [2.05, 4.69) is 5.32 Å². The maximum Gasteiger partial charge on any atom is 0.123 e. The lowest BCUT2D eigenvalue weighted by Gasteiger charge is -2.11. The van der Waals surface area contributed by atoms with Crippen LogP contribution in [0.2, 0.25) is 0 Å². The van der Waals surface area contributed by atoms with Crippen molar-refractivity contribution in [1.29, 1.82) is 0 Å². The molecule has 2 N–H and O–H groups in total. The standard InChI is InChI=1S/C12H18FNO2/c1-16-7-6-14-9-12(15)8-10-2-4-11(13)5-3-10/h2-5,12,14-15H,6-9H2,1H3. The molecule has 0 aromatic heterocycles. The molecule has 90 valence electrons. The van der Waals surface area contributed by atoms with Gasteiger partial charge in [-0.25, -0.2) is 4.39 Å². The summed E-state index contributed by atoms with van der Waals surface area (Å²) < 4.78 is 17.5. The van der Waals surface area contributed by atoms with Gasteiger partial charge in [-0.2, -0.15) is 0 Å².